The summed E-state index contributed by atoms with van der Waals surface area (Å²) in [4.78, 5) is 14.2. The van der Waals surface area contributed by atoms with Gasteiger partial charge in [-0.25, -0.2) is 9.07 Å². The van der Waals surface area contributed by atoms with Crippen LogP contribution in [0.5, 0.6) is 0 Å². The standard InChI is InChI=1S/C9H7FN4O/c10-8-2-1-3-11-9(8)5-14-4-7(6-15)12-13-14/h1-4,6H,5H2. The van der Waals surface area contributed by atoms with Crippen LogP contribution in [0.4, 0.5) is 4.39 Å². The second-order valence-electron chi connectivity index (χ2n) is 2.89. The van der Waals surface area contributed by atoms with Crippen LogP contribution in [0, 0.1) is 5.82 Å². The van der Waals surface area contributed by atoms with Crippen molar-refractivity contribution in [2.75, 3.05) is 0 Å². The molecule has 0 bridgehead atoms. The maximum atomic E-state index is 13.2. The topological polar surface area (TPSA) is 60.7 Å². The molecule has 0 spiro atoms. The average Bonchev–Trinajstić information content (AvgIpc) is 2.69. The van der Waals surface area contributed by atoms with Crippen molar-refractivity contribution in [1.82, 2.24) is 20.0 Å². The van der Waals surface area contributed by atoms with Crippen LogP contribution in [-0.4, -0.2) is 26.3 Å². The lowest BCUT2D eigenvalue weighted by Crippen LogP contribution is -2.04. The Bertz CT molecular complexity index is 482. The van der Waals surface area contributed by atoms with Gasteiger partial charge in [0.2, 0.25) is 0 Å². The summed E-state index contributed by atoms with van der Waals surface area (Å²) in [5.41, 5.74) is 0.478. The smallest absolute Gasteiger partial charge is 0.171 e. The zero-order valence-corrected chi connectivity index (χ0v) is 7.67. The molecule has 0 atom stereocenters. The fourth-order valence-corrected chi connectivity index (χ4v) is 1.13. The first-order valence-electron chi connectivity index (χ1n) is 4.24. The molecular weight excluding hydrogens is 199 g/mol. The third-order valence-electron chi connectivity index (χ3n) is 1.82. The van der Waals surface area contributed by atoms with Crippen molar-refractivity contribution in [1.29, 1.82) is 0 Å². The normalized spacial score (nSPS) is 10.2. The first-order chi connectivity index (χ1) is 7.29. The Morgan fingerprint density at radius 2 is 2.40 bits per heavy atom. The lowest BCUT2D eigenvalue weighted by Gasteiger charge is -2.00. The highest BCUT2D eigenvalue weighted by Gasteiger charge is 2.05. The van der Waals surface area contributed by atoms with Crippen LogP contribution < -0.4 is 0 Å². The Morgan fingerprint density at radius 3 is 3.07 bits per heavy atom. The number of pyridine rings is 1. The van der Waals surface area contributed by atoms with E-state index in [1.807, 2.05) is 0 Å². The van der Waals surface area contributed by atoms with Crippen LogP contribution >= 0.6 is 0 Å². The third-order valence-corrected chi connectivity index (χ3v) is 1.82. The molecule has 0 saturated carbocycles. The van der Waals surface area contributed by atoms with Crippen LogP contribution in [0.15, 0.2) is 24.5 Å². The molecule has 0 radical (unpaired) electrons. The highest BCUT2D eigenvalue weighted by atomic mass is 19.1. The number of nitrogens with zero attached hydrogens (tertiary/aromatic N) is 4. The highest BCUT2D eigenvalue weighted by molar-refractivity contribution is 5.70. The second-order valence-corrected chi connectivity index (χ2v) is 2.89. The zero-order chi connectivity index (χ0) is 10.7. The summed E-state index contributed by atoms with van der Waals surface area (Å²) in [6.45, 7) is 0.160. The van der Waals surface area contributed by atoms with Crippen molar-refractivity contribution in [2.24, 2.45) is 0 Å². The molecule has 0 saturated heterocycles. The molecule has 2 aromatic heterocycles. The summed E-state index contributed by atoms with van der Waals surface area (Å²) in [6.07, 6.45) is 3.51. The molecule has 76 valence electrons. The van der Waals surface area contributed by atoms with E-state index in [1.165, 1.54) is 29.2 Å². The second kappa shape index (κ2) is 3.95. The molecule has 0 amide bonds. The summed E-state index contributed by atoms with van der Waals surface area (Å²) in [5.74, 6) is -0.402. The molecule has 6 heteroatoms. The molecule has 0 aromatic carbocycles. The Hall–Kier alpha value is -2.11. The van der Waals surface area contributed by atoms with E-state index < -0.39 is 5.82 Å². The van der Waals surface area contributed by atoms with Crippen molar-refractivity contribution in [3.63, 3.8) is 0 Å². The van der Waals surface area contributed by atoms with Gasteiger partial charge in [-0.3, -0.25) is 9.78 Å². The molecule has 15 heavy (non-hydrogen) atoms. The number of carbonyl (C=O) groups is 1. The van der Waals surface area contributed by atoms with E-state index >= 15 is 0 Å². The summed E-state index contributed by atoms with van der Waals surface area (Å²) < 4.78 is 14.5. The lowest BCUT2D eigenvalue weighted by atomic mass is 10.3. The molecular formula is C9H7FN4O. The van der Waals surface area contributed by atoms with Crippen molar-refractivity contribution < 1.29 is 9.18 Å². The van der Waals surface area contributed by atoms with Gasteiger partial charge in [0, 0.05) is 6.20 Å². The largest absolute Gasteiger partial charge is 0.296 e. The van der Waals surface area contributed by atoms with Crippen LogP contribution in [0.2, 0.25) is 0 Å². The average molecular weight is 206 g/mol. The summed E-state index contributed by atoms with van der Waals surface area (Å²) in [7, 11) is 0. The van der Waals surface area contributed by atoms with Crippen LogP contribution in [0.25, 0.3) is 0 Å². The molecule has 2 rings (SSSR count). The maximum absolute atomic E-state index is 13.2. The Labute approximate surface area is 84.6 Å². The summed E-state index contributed by atoms with van der Waals surface area (Å²) in [6, 6.07) is 2.83. The maximum Gasteiger partial charge on any atom is 0.171 e. The van der Waals surface area contributed by atoms with Gasteiger partial charge >= 0.3 is 0 Å². The number of hydrogen-bond acceptors (Lipinski definition) is 4. The van der Waals surface area contributed by atoms with E-state index in [1.54, 1.807) is 0 Å². The Kier molecular flexibility index (Phi) is 2.49. The molecule has 0 fully saturated rings. The Morgan fingerprint density at radius 1 is 1.53 bits per heavy atom. The van der Waals surface area contributed by atoms with Crippen molar-refractivity contribution in [2.45, 2.75) is 6.54 Å². The van der Waals surface area contributed by atoms with Crippen molar-refractivity contribution >= 4 is 6.29 Å². The van der Waals surface area contributed by atoms with Gasteiger partial charge in [-0.05, 0) is 12.1 Å². The van der Waals surface area contributed by atoms with Crippen LogP contribution in [0.3, 0.4) is 0 Å². The van der Waals surface area contributed by atoms with E-state index in [2.05, 4.69) is 15.3 Å². The fourth-order valence-electron chi connectivity index (χ4n) is 1.13. The molecule has 5 nitrogen and oxygen atoms in total. The van der Waals surface area contributed by atoms with Gasteiger partial charge in [-0.1, -0.05) is 5.21 Å². The SMILES string of the molecule is O=Cc1cn(Cc2ncccc2F)nn1. The van der Waals surface area contributed by atoms with Crippen LogP contribution in [-0.2, 0) is 6.54 Å². The fraction of sp³-hybridized carbons (Fsp3) is 0.111. The minimum atomic E-state index is -0.402. The van der Waals surface area contributed by atoms with Crippen LogP contribution in [0.1, 0.15) is 16.2 Å². The summed E-state index contributed by atoms with van der Waals surface area (Å²) in [5, 5.41) is 7.21. The number of aldehydes is 1. The van der Waals surface area contributed by atoms with E-state index in [0.29, 0.717) is 6.29 Å². The number of rotatable bonds is 3. The predicted octanol–water partition coefficient (Wildman–Crippen LogP) is 0.673. The van der Waals surface area contributed by atoms with Gasteiger partial charge in [0.05, 0.1) is 18.4 Å². The van der Waals surface area contributed by atoms with E-state index in [9.17, 15) is 9.18 Å². The first kappa shape index (κ1) is 9.45. The predicted molar refractivity (Wildman–Crippen MR) is 48.7 cm³/mol. The quantitative estimate of drug-likeness (QED) is 0.692. The molecule has 0 N–H and O–H groups in total. The third kappa shape index (κ3) is 2.04. The minimum absolute atomic E-state index is 0.160. The highest BCUT2D eigenvalue weighted by Crippen LogP contribution is 2.04. The Balaban J connectivity index is 2.22. The monoisotopic (exact) mass is 206 g/mol. The van der Waals surface area contributed by atoms with Crippen molar-refractivity contribution in [3.8, 4) is 0 Å². The number of halogens is 1. The van der Waals surface area contributed by atoms with Gasteiger partial charge in [-0.15, -0.1) is 5.10 Å². The van der Waals surface area contributed by atoms with Gasteiger partial charge in [0.25, 0.3) is 0 Å². The van der Waals surface area contributed by atoms with Gasteiger partial charge in [0.15, 0.2) is 6.29 Å². The first-order valence-corrected chi connectivity index (χ1v) is 4.24. The van der Waals surface area contributed by atoms with Crippen molar-refractivity contribution in [3.05, 3.63) is 41.7 Å². The number of hydrogen-bond donors (Lipinski definition) is 0. The molecule has 2 heterocycles. The summed E-state index contributed by atoms with van der Waals surface area (Å²) >= 11 is 0. The molecule has 0 aliphatic rings. The van der Waals surface area contributed by atoms with E-state index in [4.69, 9.17) is 0 Å². The molecule has 0 aliphatic carbocycles. The van der Waals surface area contributed by atoms with Gasteiger partial charge < -0.3 is 0 Å². The minimum Gasteiger partial charge on any atom is -0.296 e. The molecule has 0 aliphatic heterocycles. The number of carbonyl (C=O) groups excluding carboxylic acids is 1. The van der Waals surface area contributed by atoms with E-state index in [-0.39, 0.29) is 17.9 Å². The molecule has 0 unspecified atom stereocenters. The lowest BCUT2D eigenvalue weighted by molar-refractivity contribution is 0.111. The number of aromatic nitrogens is 4. The zero-order valence-electron chi connectivity index (χ0n) is 7.67. The van der Waals surface area contributed by atoms with Gasteiger partial charge in [-0.2, -0.15) is 0 Å². The van der Waals surface area contributed by atoms with E-state index in [0.717, 1.165) is 0 Å². The molecule has 2 aromatic rings. The van der Waals surface area contributed by atoms with Gasteiger partial charge in [0.1, 0.15) is 11.5 Å².